The third-order valence-electron chi connectivity index (χ3n) is 3.87. The van der Waals surface area contributed by atoms with E-state index in [-0.39, 0.29) is 11.9 Å². The van der Waals surface area contributed by atoms with Crippen LogP contribution < -0.4 is 9.47 Å². The van der Waals surface area contributed by atoms with Crippen LogP contribution in [0.25, 0.3) is 0 Å². The molecule has 110 valence electrons. The minimum Gasteiger partial charge on any atom is -0.497 e. The van der Waals surface area contributed by atoms with Crippen LogP contribution >= 0.6 is 0 Å². The second-order valence-corrected chi connectivity index (χ2v) is 5.26. The van der Waals surface area contributed by atoms with E-state index in [1.807, 2.05) is 6.92 Å². The lowest BCUT2D eigenvalue weighted by atomic mass is 9.92. The molecule has 1 aliphatic heterocycles. The fourth-order valence-corrected chi connectivity index (χ4v) is 2.70. The van der Waals surface area contributed by atoms with Crippen LogP contribution in [-0.4, -0.2) is 12.2 Å². The average molecular weight is 288 g/mol. The summed E-state index contributed by atoms with van der Waals surface area (Å²) in [7, 11) is 1.58. The molecule has 0 aromatic heterocycles. The molecule has 0 radical (unpaired) electrons. The van der Waals surface area contributed by atoms with Crippen molar-refractivity contribution in [1.82, 2.24) is 0 Å². The van der Waals surface area contributed by atoms with Crippen LogP contribution in [0.15, 0.2) is 36.4 Å². The molecule has 3 rings (SSSR count). The second-order valence-electron chi connectivity index (χ2n) is 5.26. The molecular weight excluding hydrogens is 271 g/mol. The van der Waals surface area contributed by atoms with Gasteiger partial charge in [0, 0.05) is 12.0 Å². The molecule has 3 nitrogen and oxygen atoms in total. The molecule has 0 saturated heterocycles. The molecule has 0 fully saturated rings. The van der Waals surface area contributed by atoms with Gasteiger partial charge in [0.25, 0.3) is 0 Å². The molecule has 0 amide bonds. The lowest BCUT2D eigenvalue weighted by Crippen LogP contribution is -2.20. The highest BCUT2D eigenvalue weighted by Gasteiger charge is 2.29. The highest BCUT2D eigenvalue weighted by Crippen LogP contribution is 2.42. The van der Waals surface area contributed by atoms with Gasteiger partial charge in [-0.25, -0.2) is 4.39 Å². The van der Waals surface area contributed by atoms with Crippen LogP contribution in [0.4, 0.5) is 4.39 Å². The van der Waals surface area contributed by atoms with Crippen molar-refractivity contribution in [2.75, 3.05) is 7.11 Å². The summed E-state index contributed by atoms with van der Waals surface area (Å²) in [6, 6.07) is 9.96. The summed E-state index contributed by atoms with van der Waals surface area (Å²) in [4.78, 5) is 0. The molecule has 1 N–H and O–H groups in total. The lowest BCUT2D eigenvalue weighted by Gasteiger charge is -2.31. The molecule has 1 unspecified atom stereocenters. The van der Waals surface area contributed by atoms with Gasteiger partial charge < -0.3 is 14.6 Å². The van der Waals surface area contributed by atoms with E-state index in [1.54, 1.807) is 31.4 Å². The van der Waals surface area contributed by atoms with Gasteiger partial charge in [0.05, 0.1) is 13.2 Å². The Hall–Kier alpha value is -2.07. The summed E-state index contributed by atoms with van der Waals surface area (Å²) in [5.41, 5.74) is 2.43. The number of halogens is 1. The molecule has 2 aromatic rings. The van der Waals surface area contributed by atoms with Crippen molar-refractivity contribution in [3.05, 3.63) is 58.9 Å². The zero-order chi connectivity index (χ0) is 15.0. The van der Waals surface area contributed by atoms with Crippen molar-refractivity contribution in [3.63, 3.8) is 0 Å². The van der Waals surface area contributed by atoms with E-state index < -0.39 is 6.10 Å². The van der Waals surface area contributed by atoms with Gasteiger partial charge in [-0.2, -0.15) is 0 Å². The van der Waals surface area contributed by atoms with Crippen molar-refractivity contribution in [2.24, 2.45) is 0 Å². The van der Waals surface area contributed by atoms with Gasteiger partial charge in [-0.1, -0.05) is 6.07 Å². The number of rotatable bonds is 2. The van der Waals surface area contributed by atoms with Crippen molar-refractivity contribution in [3.8, 4) is 11.5 Å². The van der Waals surface area contributed by atoms with Gasteiger partial charge >= 0.3 is 0 Å². The number of fused-ring (bicyclic) bond motifs is 1. The SMILES string of the molecule is COc1ccc2c(c1)[C@H](O)CC(c1cc(F)ccc1C)O2. The summed E-state index contributed by atoms with van der Waals surface area (Å²) in [6.45, 7) is 1.91. The van der Waals surface area contributed by atoms with E-state index in [2.05, 4.69) is 0 Å². The van der Waals surface area contributed by atoms with Crippen LogP contribution in [0.5, 0.6) is 11.5 Å². The maximum Gasteiger partial charge on any atom is 0.127 e. The van der Waals surface area contributed by atoms with Crippen LogP contribution in [0.2, 0.25) is 0 Å². The van der Waals surface area contributed by atoms with Crippen LogP contribution in [0.1, 0.15) is 35.3 Å². The van der Waals surface area contributed by atoms with Crippen LogP contribution in [-0.2, 0) is 0 Å². The lowest BCUT2D eigenvalue weighted by molar-refractivity contribution is 0.0650. The quantitative estimate of drug-likeness (QED) is 0.915. The molecule has 1 heterocycles. The van der Waals surface area contributed by atoms with Crippen molar-refractivity contribution in [2.45, 2.75) is 25.6 Å². The highest BCUT2D eigenvalue weighted by molar-refractivity contribution is 5.44. The third kappa shape index (κ3) is 2.59. The molecule has 4 heteroatoms. The maximum absolute atomic E-state index is 13.5. The van der Waals surface area contributed by atoms with E-state index in [9.17, 15) is 9.50 Å². The zero-order valence-corrected chi connectivity index (χ0v) is 12.0. The first kappa shape index (κ1) is 13.9. The van der Waals surface area contributed by atoms with Crippen molar-refractivity contribution in [1.29, 1.82) is 0 Å². The van der Waals surface area contributed by atoms with E-state index in [1.165, 1.54) is 12.1 Å². The van der Waals surface area contributed by atoms with Gasteiger partial charge in [0.1, 0.15) is 23.4 Å². The zero-order valence-electron chi connectivity index (χ0n) is 12.0. The van der Waals surface area contributed by atoms with Gasteiger partial charge in [0.2, 0.25) is 0 Å². The molecule has 1 aliphatic rings. The Balaban J connectivity index is 1.96. The molecule has 21 heavy (non-hydrogen) atoms. The van der Waals surface area contributed by atoms with E-state index in [0.717, 1.165) is 11.1 Å². The largest absolute Gasteiger partial charge is 0.497 e. The Morgan fingerprint density at radius 3 is 2.76 bits per heavy atom. The Morgan fingerprint density at radius 1 is 1.19 bits per heavy atom. The minimum absolute atomic E-state index is 0.297. The summed E-state index contributed by atoms with van der Waals surface area (Å²) in [5, 5.41) is 10.3. The minimum atomic E-state index is -0.656. The molecular formula is C17H17FO3. The molecule has 0 aliphatic carbocycles. The normalized spacial score (nSPS) is 20.6. The van der Waals surface area contributed by atoms with Gasteiger partial charge in [-0.15, -0.1) is 0 Å². The number of hydrogen-bond donors (Lipinski definition) is 1. The Labute approximate surface area is 122 Å². The predicted octanol–water partition coefficient (Wildman–Crippen LogP) is 3.70. The first-order chi connectivity index (χ1) is 10.1. The fourth-order valence-electron chi connectivity index (χ4n) is 2.70. The highest BCUT2D eigenvalue weighted by atomic mass is 19.1. The van der Waals surface area contributed by atoms with E-state index in [4.69, 9.17) is 9.47 Å². The summed E-state index contributed by atoms with van der Waals surface area (Å²) in [5.74, 6) is 0.995. The molecule has 0 bridgehead atoms. The number of aliphatic hydroxyl groups is 1. The number of aryl methyl sites for hydroxylation is 1. The fraction of sp³-hybridized carbons (Fsp3) is 0.294. The number of hydrogen-bond acceptors (Lipinski definition) is 3. The average Bonchev–Trinajstić information content (AvgIpc) is 2.49. The van der Waals surface area contributed by atoms with Crippen molar-refractivity contribution >= 4 is 0 Å². The summed E-state index contributed by atoms with van der Waals surface area (Å²) in [6.07, 6.45) is -0.613. The van der Waals surface area contributed by atoms with Gasteiger partial charge in [0.15, 0.2) is 0 Å². The molecule has 0 saturated carbocycles. The third-order valence-corrected chi connectivity index (χ3v) is 3.87. The monoisotopic (exact) mass is 288 g/mol. The van der Waals surface area contributed by atoms with Crippen LogP contribution in [0, 0.1) is 12.7 Å². The summed E-state index contributed by atoms with van der Waals surface area (Å²) >= 11 is 0. The maximum atomic E-state index is 13.5. The predicted molar refractivity (Wildman–Crippen MR) is 77.1 cm³/mol. The van der Waals surface area contributed by atoms with E-state index >= 15 is 0 Å². The first-order valence-corrected chi connectivity index (χ1v) is 6.87. The number of methoxy groups -OCH3 is 1. The molecule has 2 atom stereocenters. The second kappa shape index (κ2) is 5.37. The smallest absolute Gasteiger partial charge is 0.127 e. The summed E-state index contributed by atoms with van der Waals surface area (Å²) < 4.78 is 24.6. The van der Waals surface area contributed by atoms with Crippen LogP contribution in [0.3, 0.4) is 0 Å². The molecule has 2 aromatic carbocycles. The number of benzene rings is 2. The number of ether oxygens (including phenoxy) is 2. The van der Waals surface area contributed by atoms with Crippen molar-refractivity contribution < 1.29 is 19.0 Å². The van der Waals surface area contributed by atoms with E-state index in [0.29, 0.717) is 23.5 Å². The standard InChI is InChI=1S/C17H17FO3/c1-10-3-4-11(18)7-13(10)17-9-15(19)14-8-12(20-2)5-6-16(14)21-17/h3-8,15,17,19H,9H2,1-2H3/t15-,17?/m1/s1. The Kier molecular flexibility index (Phi) is 3.55. The van der Waals surface area contributed by atoms with Gasteiger partial charge in [-0.05, 0) is 48.4 Å². The molecule has 0 spiro atoms. The first-order valence-electron chi connectivity index (χ1n) is 6.87. The topological polar surface area (TPSA) is 38.7 Å². The number of aliphatic hydroxyl groups excluding tert-OH is 1. The Morgan fingerprint density at radius 2 is 2.00 bits per heavy atom. The Bertz CT molecular complexity index is 669. The van der Waals surface area contributed by atoms with Gasteiger partial charge in [-0.3, -0.25) is 0 Å².